The summed E-state index contributed by atoms with van der Waals surface area (Å²) in [5, 5.41) is 9.68. The van der Waals surface area contributed by atoms with Crippen LogP contribution >= 0.6 is 0 Å². The molecule has 1 amide bonds. The number of ether oxygens (including phenoxy) is 2. The molecule has 19 heavy (non-hydrogen) atoms. The zero-order valence-electron chi connectivity index (χ0n) is 11.6. The summed E-state index contributed by atoms with van der Waals surface area (Å²) in [5.74, 6) is 0.134. The summed E-state index contributed by atoms with van der Waals surface area (Å²) in [5.41, 5.74) is 0. The van der Waals surface area contributed by atoms with E-state index in [0.717, 1.165) is 39.0 Å². The van der Waals surface area contributed by atoms with Gasteiger partial charge in [-0.1, -0.05) is 0 Å². The minimum absolute atomic E-state index is 0.134. The predicted octanol–water partition coefficient (Wildman–Crippen LogP) is -0.683. The maximum atomic E-state index is 12.1. The topological polar surface area (TPSA) is 62.2 Å². The van der Waals surface area contributed by atoms with E-state index in [-0.39, 0.29) is 12.0 Å². The van der Waals surface area contributed by atoms with Crippen LogP contribution in [0.25, 0.3) is 0 Å². The lowest BCUT2D eigenvalue weighted by molar-refractivity contribution is -0.142. The molecule has 2 fully saturated rings. The number of β-amino-alcohol motifs (C(OH)–C–C–N with tert-alkyl or cyclic N) is 1. The number of rotatable bonds is 5. The Balaban J connectivity index is 1.71. The first kappa shape index (κ1) is 14.7. The Kier molecular flexibility index (Phi) is 5.57. The van der Waals surface area contributed by atoms with Gasteiger partial charge in [-0.25, -0.2) is 0 Å². The van der Waals surface area contributed by atoms with Gasteiger partial charge >= 0.3 is 0 Å². The monoisotopic (exact) mass is 272 g/mol. The first-order chi connectivity index (χ1) is 9.20. The molecule has 0 bridgehead atoms. The number of hydrogen-bond donors (Lipinski definition) is 1. The van der Waals surface area contributed by atoms with Crippen LogP contribution in [0.2, 0.25) is 0 Å². The Labute approximate surface area is 114 Å². The number of hydrogen-bond acceptors (Lipinski definition) is 5. The Hall–Kier alpha value is -0.690. The smallest absolute Gasteiger partial charge is 0.251 e. The van der Waals surface area contributed by atoms with Crippen LogP contribution in [0.4, 0.5) is 0 Å². The summed E-state index contributed by atoms with van der Waals surface area (Å²) in [6.07, 6.45) is 1.17. The van der Waals surface area contributed by atoms with E-state index < -0.39 is 6.10 Å². The van der Waals surface area contributed by atoms with Gasteiger partial charge < -0.3 is 19.5 Å². The number of carbonyl (C=O) groups excluding carboxylic acids is 1. The molecule has 2 unspecified atom stereocenters. The molecule has 110 valence electrons. The second kappa shape index (κ2) is 7.19. The molecular formula is C13H24N2O4. The van der Waals surface area contributed by atoms with Crippen molar-refractivity contribution >= 4 is 5.91 Å². The fraction of sp³-hybridized carbons (Fsp3) is 0.923. The van der Waals surface area contributed by atoms with E-state index in [2.05, 4.69) is 4.90 Å². The van der Waals surface area contributed by atoms with Crippen LogP contribution in [-0.4, -0.2) is 86.1 Å². The first-order valence-corrected chi connectivity index (χ1v) is 7.00. The van der Waals surface area contributed by atoms with Crippen LogP contribution in [0.1, 0.15) is 12.8 Å². The average Bonchev–Trinajstić information content (AvgIpc) is 2.93. The van der Waals surface area contributed by atoms with Crippen molar-refractivity contribution in [3.8, 4) is 0 Å². The molecule has 2 heterocycles. The average molecular weight is 272 g/mol. The van der Waals surface area contributed by atoms with E-state index in [1.54, 1.807) is 7.11 Å². The third kappa shape index (κ3) is 4.14. The molecule has 0 spiro atoms. The van der Waals surface area contributed by atoms with Gasteiger partial charge in [-0.05, 0) is 12.8 Å². The number of amides is 1. The molecule has 6 heteroatoms. The molecule has 0 radical (unpaired) electrons. The summed E-state index contributed by atoms with van der Waals surface area (Å²) < 4.78 is 10.3. The van der Waals surface area contributed by atoms with Gasteiger partial charge in [0.05, 0.1) is 12.7 Å². The van der Waals surface area contributed by atoms with Gasteiger partial charge in [0, 0.05) is 46.4 Å². The highest BCUT2D eigenvalue weighted by Gasteiger charge is 2.30. The maximum Gasteiger partial charge on any atom is 0.251 e. The molecular weight excluding hydrogens is 248 g/mol. The SMILES string of the molecule is COCC(O)CN1CCN(C(=O)C2CCCO2)CC1. The van der Waals surface area contributed by atoms with Gasteiger partial charge in [0.2, 0.25) is 0 Å². The summed E-state index contributed by atoms with van der Waals surface area (Å²) in [7, 11) is 1.58. The molecule has 2 aliphatic heterocycles. The number of aliphatic hydroxyl groups is 1. The van der Waals surface area contributed by atoms with Gasteiger partial charge in [0.25, 0.3) is 5.91 Å². The third-order valence-electron chi connectivity index (χ3n) is 3.72. The van der Waals surface area contributed by atoms with Crippen molar-refractivity contribution in [1.29, 1.82) is 0 Å². The Morgan fingerprint density at radius 1 is 1.42 bits per heavy atom. The highest BCUT2D eigenvalue weighted by Crippen LogP contribution is 2.16. The first-order valence-electron chi connectivity index (χ1n) is 7.00. The van der Waals surface area contributed by atoms with Gasteiger partial charge in [-0.2, -0.15) is 0 Å². The third-order valence-corrected chi connectivity index (χ3v) is 3.72. The van der Waals surface area contributed by atoms with Crippen molar-refractivity contribution < 1.29 is 19.4 Å². The molecule has 0 aromatic carbocycles. The van der Waals surface area contributed by atoms with Crippen LogP contribution in [-0.2, 0) is 14.3 Å². The number of methoxy groups -OCH3 is 1. The van der Waals surface area contributed by atoms with Crippen molar-refractivity contribution in [3.05, 3.63) is 0 Å². The fourth-order valence-electron chi connectivity index (χ4n) is 2.67. The largest absolute Gasteiger partial charge is 0.389 e. The van der Waals surface area contributed by atoms with Crippen molar-refractivity contribution in [1.82, 2.24) is 9.80 Å². The molecule has 0 aromatic heterocycles. The van der Waals surface area contributed by atoms with Crippen molar-refractivity contribution in [3.63, 3.8) is 0 Å². The van der Waals surface area contributed by atoms with E-state index in [1.807, 2.05) is 4.90 Å². The summed E-state index contributed by atoms with van der Waals surface area (Å²) in [6, 6.07) is 0. The van der Waals surface area contributed by atoms with Crippen LogP contribution in [0.3, 0.4) is 0 Å². The van der Waals surface area contributed by atoms with E-state index in [9.17, 15) is 9.90 Å². The quantitative estimate of drug-likeness (QED) is 0.718. The van der Waals surface area contributed by atoms with Crippen LogP contribution in [0.15, 0.2) is 0 Å². The highest BCUT2D eigenvalue weighted by molar-refractivity contribution is 5.81. The van der Waals surface area contributed by atoms with Crippen molar-refractivity contribution in [2.45, 2.75) is 25.0 Å². The molecule has 1 N–H and O–H groups in total. The van der Waals surface area contributed by atoms with Crippen LogP contribution < -0.4 is 0 Å². The van der Waals surface area contributed by atoms with Gasteiger partial charge in [0.1, 0.15) is 6.10 Å². The number of nitrogens with zero attached hydrogens (tertiary/aromatic N) is 2. The zero-order valence-corrected chi connectivity index (χ0v) is 11.6. The molecule has 2 rings (SSSR count). The fourth-order valence-corrected chi connectivity index (χ4v) is 2.67. The van der Waals surface area contributed by atoms with E-state index >= 15 is 0 Å². The lowest BCUT2D eigenvalue weighted by Gasteiger charge is -2.36. The number of piperazine rings is 1. The lowest BCUT2D eigenvalue weighted by Crippen LogP contribution is -2.52. The summed E-state index contributed by atoms with van der Waals surface area (Å²) in [6.45, 7) is 4.72. The minimum atomic E-state index is -0.453. The van der Waals surface area contributed by atoms with E-state index in [1.165, 1.54) is 0 Å². The Bertz CT molecular complexity index is 286. The zero-order chi connectivity index (χ0) is 13.7. The summed E-state index contributed by atoms with van der Waals surface area (Å²) in [4.78, 5) is 16.2. The standard InChI is InChI=1S/C13H24N2O4/c1-18-10-11(16)9-14-4-6-15(7-5-14)13(17)12-3-2-8-19-12/h11-12,16H,2-10H2,1H3. The summed E-state index contributed by atoms with van der Waals surface area (Å²) >= 11 is 0. The van der Waals surface area contributed by atoms with Crippen LogP contribution in [0.5, 0.6) is 0 Å². The normalized spacial score (nSPS) is 26.6. The van der Waals surface area contributed by atoms with Gasteiger partial charge in [-0.15, -0.1) is 0 Å². The van der Waals surface area contributed by atoms with Gasteiger partial charge in [0.15, 0.2) is 0 Å². The van der Waals surface area contributed by atoms with Crippen molar-refractivity contribution in [2.24, 2.45) is 0 Å². The molecule has 2 aliphatic rings. The molecule has 0 saturated carbocycles. The van der Waals surface area contributed by atoms with Crippen LogP contribution in [0, 0.1) is 0 Å². The second-order valence-electron chi connectivity index (χ2n) is 5.24. The minimum Gasteiger partial charge on any atom is -0.389 e. The Morgan fingerprint density at radius 3 is 2.74 bits per heavy atom. The highest BCUT2D eigenvalue weighted by atomic mass is 16.5. The molecule has 6 nitrogen and oxygen atoms in total. The maximum absolute atomic E-state index is 12.1. The van der Waals surface area contributed by atoms with E-state index in [4.69, 9.17) is 9.47 Å². The number of carbonyl (C=O) groups is 1. The lowest BCUT2D eigenvalue weighted by atomic mass is 10.2. The molecule has 2 atom stereocenters. The molecule has 2 saturated heterocycles. The van der Waals surface area contributed by atoms with E-state index in [0.29, 0.717) is 19.8 Å². The number of aliphatic hydroxyl groups excluding tert-OH is 1. The molecule has 0 aliphatic carbocycles. The van der Waals surface area contributed by atoms with Crippen molar-refractivity contribution in [2.75, 3.05) is 53.0 Å². The molecule has 0 aromatic rings. The second-order valence-corrected chi connectivity index (χ2v) is 5.24. The van der Waals surface area contributed by atoms with Gasteiger partial charge in [-0.3, -0.25) is 9.69 Å². The Morgan fingerprint density at radius 2 is 2.16 bits per heavy atom. The predicted molar refractivity (Wildman–Crippen MR) is 69.9 cm³/mol.